The summed E-state index contributed by atoms with van der Waals surface area (Å²) in [5.74, 6) is 0.271. The van der Waals surface area contributed by atoms with E-state index in [1.807, 2.05) is 24.7 Å². The van der Waals surface area contributed by atoms with E-state index in [4.69, 9.17) is 16.0 Å². The molecule has 4 aromatic rings. The van der Waals surface area contributed by atoms with E-state index in [0.717, 1.165) is 28.6 Å². The van der Waals surface area contributed by atoms with Gasteiger partial charge in [0.25, 0.3) is 5.91 Å². The summed E-state index contributed by atoms with van der Waals surface area (Å²) in [4.78, 5) is 16.9. The van der Waals surface area contributed by atoms with Crippen LogP contribution in [-0.4, -0.2) is 20.7 Å². The van der Waals surface area contributed by atoms with E-state index >= 15 is 0 Å². The van der Waals surface area contributed by atoms with E-state index in [0.29, 0.717) is 18.1 Å². The largest absolute Gasteiger partial charge is 0.441 e. The van der Waals surface area contributed by atoms with Crippen molar-refractivity contribution in [1.29, 1.82) is 0 Å². The lowest BCUT2D eigenvalue weighted by Gasteiger charge is -2.06. The number of aryl methyl sites for hydroxylation is 2. The van der Waals surface area contributed by atoms with Crippen molar-refractivity contribution >= 4 is 23.2 Å². The number of rotatable bonds is 5. The molecule has 6 nitrogen and oxygen atoms in total. The molecule has 0 fully saturated rings. The van der Waals surface area contributed by atoms with Crippen molar-refractivity contribution in [1.82, 2.24) is 14.8 Å². The van der Waals surface area contributed by atoms with Gasteiger partial charge in [-0.3, -0.25) is 9.48 Å². The monoisotopic (exact) mass is 424 g/mol. The second-order valence-electron chi connectivity index (χ2n) is 6.90. The fourth-order valence-corrected chi connectivity index (χ4v) is 3.12. The molecule has 152 valence electrons. The van der Waals surface area contributed by atoms with Gasteiger partial charge in [0.2, 0.25) is 5.89 Å². The normalized spacial score (nSPS) is 10.9. The maximum absolute atomic E-state index is 13.3. The molecule has 1 N–H and O–H groups in total. The van der Waals surface area contributed by atoms with Crippen LogP contribution in [0.4, 0.5) is 10.1 Å². The van der Waals surface area contributed by atoms with Gasteiger partial charge >= 0.3 is 0 Å². The second kappa shape index (κ2) is 8.12. The number of carbonyl (C=O) groups is 1. The van der Waals surface area contributed by atoms with Crippen LogP contribution in [0.25, 0.3) is 11.5 Å². The maximum atomic E-state index is 13.3. The standard InChI is InChI=1S/C22H18ClFN4O2/c1-13-10-25-28(11-13)12-20-14(2)30-22(27-20)15-3-6-17(7-4-15)26-21(29)16-5-8-19(24)18(23)9-16/h3-11H,12H2,1-2H3,(H,26,29). The average molecular weight is 425 g/mol. The minimum atomic E-state index is -0.569. The van der Waals surface area contributed by atoms with Gasteiger partial charge in [-0.1, -0.05) is 11.6 Å². The van der Waals surface area contributed by atoms with Gasteiger partial charge in [0, 0.05) is 23.0 Å². The van der Waals surface area contributed by atoms with Crippen LogP contribution < -0.4 is 5.32 Å². The summed E-state index contributed by atoms with van der Waals surface area (Å²) in [6.45, 7) is 4.37. The molecule has 0 aliphatic carbocycles. The van der Waals surface area contributed by atoms with Gasteiger partial charge in [0.15, 0.2) is 0 Å². The van der Waals surface area contributed by atoms with Gasteiger partial charge in [-0.15, -0.1) is 0 Å². The molecule has 2 heterocycles. The number of halogens is 2. The van der Waals surface area contributed by atoms with Gasteiger partial charge in [-0.05, 0) is 61.9 Å². The molecular formula is C22H18ClFN4O2. The highest BCUT2D eigenvalue weighted by atomic mass is 35.5. The Labute approximate surface area is 177 Å². The molecular weight excluding hydrogens is 407 g/mol. The van der Waals surface area contributed by atoms with Crippen molar-refractivity contribution in [3.05, 3.63) is 88.3 Å². The summed E-state index contributed by atoms with van der Waals surface area (Å²) in [5, 5.41) is 6.93. The summed E-state index contributed by atoms with van der Waals surface area (Å²) in [6, 6.07) is 10.9. The van der Waals surface area contributed by atoms with Crippen LogP contribution >= 0.6 is 11.6 Å². The first-order valence-corrected chi connectivity index (χ1v) is 9.59. The van der Waals surface area contributed by atoms with E-state index < -0.39 is 5.82 Å². The van der Waals surface area contributed by atoms with Crippen LogP contribution in [0.1, 0.15) is 27.4 Å². The Kier molecular flexibility index (Phi) is 5.37. The number of hydrogen-bond acceptors (Lipinski definition) is 4. The van der Waals surface area contributed by atoms with Crippen LogP contribution in [0.5, 0.6) is 0 Å². The third kappa shape index (κ3) is 4.26. The molecule has 0 unspecified atom stereocenters. The van der Waals surface area contributed by atoms with Crippen LogP contribution in [0.2, 0.25) is 5.02 Å². The fourth-order valence-electron chi connectivity index (χ4n) is 2.94. The highest BCUT2D eigenvalue weighted by Crippen LogP contribution is 2.24. The van der Waals surface area contributed by atoms with Crippen molar-refractivity contribution in [2.45, 2.75) is 20.4 Å². The van der Waals surface area contributed by atoms with Gasteiger partial charge in [0.05, 0.1) is 17.8 Å². The molecule has 0 spiro atoms. The lowest BCUT2D eigenvalue weighted by molar-refractivity contribution is 0.102. The number of aromatic nitrogens is 3. The Morgan fingerprint density at radius 3 is 2.63 bits per heavy atom. The summed E-state index contributed by atoms with van der Waals surface area (Å²) in [6.07, 6.45) is 3.74. The Bertz CT molecular complexity index is 1210. The Morgan fingerprint density at radius 1 is 1.20 bits per heavy atom. The lowest BCUT2D eigenvalue weighted by atomic mass is 10.1. The molecule has 0 radical (unpaired) electrons. The zero-order valence-electron chi connectivity index (χ0n) is 16.3. The summed E-state index contributed by atoms with van der Waals surface area (Å²) >= 11 is 5.74. The maximum Gasteiger partial charge on any atom is 0.255 e. The highest BCUT2D eigenvalue weighted by Gasteiger charge is 2.13. The number of hydrogen-bond donors (Lipinski definition) is 1. The Hall–Kier alpha value is -3.45. The first-order valence-electron chi connectivity index (χ1n) is 9.21. The van der Waals surface area contributed by atoms with Crippen molar-refractivity contribution in [3.63, 3.8) is 0 Å². The fraction of sp³-hybridized carbons (Fsp3) is 0.136. The lowest BCUT2D eigenvalue weighted by Crippen LogP contribution is -2.11. The van der Waals surface area contributed by atoms with Crippen LogP contribution in [-0.2, 0) is 6.54 Å². The molecule has 0 aliphatic heterocycles. The molecule has 4 rings (SSSR count). The smallest absolute Gasteiger partial charge is 0.255 e. The molecule has 1 amide bonds. The van der Waals surface area contributed by atoms with Gasteiger partial charge in [-0.25, -0.2) is 9.37 Å². The zero-order chi connectivity index (χ0) is 21.3. The molecule has 2 aromatic carbocycles. The summed E-state index contributed by atoms with van der Waals surface area (Å²) in [7, 11) is 0. The average Bonchev–Trinajstić information content (AvgIpc) is 3.30. The van der Waals surface area contributed by atoms with E-state index in [2.05, 4.69) is 15.4 Å². The first kappa shape index (κ1) is 19.8. The van der Waals surface area contributed by atoms with E-state index in [1.165, 1.54) is 12.1 Å². The molecule has 30 heavy (non-hydrogen) atoms. The van der Waals surface area contributed by atoms with E-state index in [-0.39, 0.29) is 16.5 Å². The van der Waals surface area contributed by atoms with Gasteiger partial charge in [-0.2, -0.15) is 5.10 Å². The van der Waals surface area contributed by atoms with Crippen molar-refractivity contribution in [2.75, 3.05) is 5.32 Å². The number of anilines is 1. The molecule has 0 saturated heterocycles. The van der Waals surface area contributed by atoms with Crippen LogP contribution in [0, 0.1) is 19.7 Å². The van der Waals surface area contributed by atoms with E-state index in [9.17, 15) is 9.18 Å². The zero-order valence-corrected chi connectivity index (χ0v) is 17.1. The molecule has 2 aromatic heterocycles. The van der Waals surface area contributed by atoms with E-state index in [1.54, 1.807) is 30.5 Å². The molecule has 0 aliphatic rings. The quantitative estimate of drug-likeness (QED) is 0.475. The molecule has 0 atom stereocenters. The molecule has 8 heteroatoms. The number of nitrogens with one attached hydrogen (secondary N) is 1. The highest BCUT2D eigenvalue weighted by molar-refractivity contribution is 6.31. The number of benzene rings is 2. The summed E-state index contributed by atoms with van der Waals surface area (Å²) in [5.41, 5.74) is 3.52. The molecule has 0 bridgehead atoms. The topological polar surface area (TPSA) is 73.0 Å². The number of carbonyl (C=O) groups excluding carboxylic acids is 1. The predicted molar refractivity (Wildman–Crippen MR) is 112 cm³/mol. The first-order chi connectivity index (χ1) is 14.4. The Balaban J connectivity index is 1.47. The number of nitrogens with zero attached hydrogens (tertiary/aromatic N) is 3. The van der Waals surface area contributed by atoms with Crippen LogP contribution in [0.3, 0.4) is 0 Å². The number of oxazole rings is 1. The van der Waals surface area contributed by atoms with Gasteiger partial charge in [0.1, 0.15) is 17.3 Å². The van der Waals surface area contributed by atoms with Crippen molar-refractivity contribution in [3.8, 4) is 11.5 Å². The number of amides is 1. The van der Waals surface area contributed by atoms with Gasteiger partial charge < -0.3 is 9.73 Å². The second-order valence-corrected chi connectivity index (χ2v) is 7.30. The SMILES string of the molecule is Cc1cnn(Cc2nc(-c3ccc(NC(=O)c4ccc(F)c(Cl)c4)cc3)oc2C)c1. The minimum Gasteiger partial charge on any atom is -0.441 e. The predicted octanol–water partition coefficient (Wildman–Crippen LogP) is 5.25. The van der Waals surface area contributed by atoms with Crippen molar-refractivity contribution in [2.24, 2.45) is 0 Å². The third-order valence-corrected chi connectivity index (χ3v) is 4.83. The minimum absolute atomic E-state index is 0.0988. The van der Waals surface area contributed by atoms with Crippen LogP contribution in [0.15, 0.2) is 59.3 Å². The molecule has 0 saturated carbocycles. The van der Waals surface area contributed by atoms with Crippen molar-refractivity contribution < 1.29 is 13.6 Å². The Morgan fingerprint density at radius 2 is 1.97 bits per heavy atom. The summed E-state index contributed by atoms with van der Waals surface area (Å²) < 4.78 is 20.9. The third-order valence-electron chi connectivity index (χ3n) is 4.54.